The third-order valence-corrected chi connectivity index (χ3v) is 2.46. The number of aryl methyl sites for hydroxylation is 1. The van der Waals surface area contributed by atoms with Gasteiger partial charge in [0.25, 0.3) is 0 Å². The summed E-state index contributed by atoms with van der Waals surface area (Å²) in [4.78, 5) is 1.99. The maximum atomic E-state index is 7.69. The highest BCUT2D eigenvalue weighted by molar-refractivity contribution is 5.78. The Morgan fingerprint density at radius 3 is 2.57 bits per heavy atom. The van der Waals surface area contributed by atoms with E-state index in [0.717, 1.165) is 13.0 Å². The van der Waals surface area contributed by atoms with Crippen molar-refractivity contribution in [1.29, 1.82) is 5.41 Å². The molecule has 1 rings (SSSR count). The van der Waals surface area contributed by atoms with E-state index in [0.29, 0.717) is 5.84 Å². The summed E-state index contributed by atoms with van der Waals surface area (Å²) in [5.41, 5.74) is 2.59. The quantitative estimate of drug-likeness (QED) is 0.576. The van der Waals surface area contributed by atoms with Gasteiger partial charge < -0.3 is 4.90 Å². The fourth-order valence-corrected chi connectivity index (χ4v) is 1.41. The Labute approximate surface area is 86.1 Å². The van der Waals surface area contributed by atoms with Gasteiger partial charge in [-0.2, -0.15) is 0 Å². The zero-order chi connectivity index (χ0) is 10.6. The third-order valence-electron chi connectivity index (χ3n) is 2.46. The fraction of sp³-hybridized carbons (Fsp3) is 0.417. The van der Waals surface area contributed by atoms with Gasteiger partial charge in [-0.15, -0.1) is 0 Å². The number of benzene rings is 1. The van der Waals surface area contributed by atoms with Crippen LogP contribution in [-0.4, -0.2) is 17.8 Å². The van der Waals surface area contributed by atoms with Gasteiger partial charge in [0.1, 0.15) is 0 Å². The van der Waals surface area contributed by atoms with Crippen molar-refractivity contribution < 1.29 is 0 Å². The SMILES string of the molecule is CCC(=N)N(C)Cc1ccccc1C. The molecule has 0 saturated carbocycles. The molecule has 76 valence electrons. The van der Waals surface area contributed by atoms with Crippen LogP contribution in [0.2, 0.25) is 0 Å². The number of hydrogen-bond acceptors (Lipinski definition) is 1. The molecule has 0 aliphatic heterocycles. The summed E-state index contributed by atoms with van der Waals surface area (Å²) >= 11 is 0. The molecule has 0 atom stereocenters. The minimum Gasteiger partial charge on any atom is -0.359 e. The molecule has 1 aromatic carbocycles. The summed E-state index contributed by atoms with van der Waals surface area (Å²) in [6.45, 7) is 4.95. The van der Waals surface area contributed by atoms with E-state index >= 15 is 0 Å². The first-order chi connectivity index (χ1) is 6.65. The van der Waals surface area contributed by atoms with Crippen molar-refractivity contribution in [2.75, 3.05) is 7.05 Å². The lowest BCUT2D eigenvalue weighted by atomic mass is 10.1. The third kappa shape index (κ3) is 2.59. The van der Waals surface area contributed by atoms with E-state index in [4.69, 9.17) is 5.41 Å². The van der Waals surface area contributed by atoms with Gasteiger partial charge in [0.05, 0.1) is 5.84 Å². The Morgan fingerprint density at radius 2 is 2.00 bits per heavy atom. The van der Waals surface area contributed by atoms with Crippen LogP contribution < -0.4 is 0 Å². The Hall–Kier alpha value is -1.31. The van der Waals surface area contributed by atoms with Crippen LogP contribution in [0.1, 0.15) is 24.5 Å². The van der Waals surface area contributed by atoms with Gasteiger partial charge in [-0.1, -0.05) is 31.2 Å². The molecular formula is C12H18N2. The summed E-state index contributed by atoms with van der Waals surface area (Å²) in [6, 6.07) is 8.32. The monoisotopic (exact) mass is 190 g/mol. The molecule has 2 heteroatoms. The average Bonchev–Trinajstić information content (AvgIpc) is 2.20. The van der Waals surface area contributed by atoms with E-state index in [1.165, 1.54) is 11.1 Å². The zero-order valence-electron chi connectivity index (χ0n) is 9.17. The first-order valence-electron chi connectivity index (χ1n) is 4.98. The lowest BCUT2D eigenvalue weighted by molar-refractivity contribution is 0.485. The van der Waals surface area contributed by atoms with Crippen LogP contribution in [-0.2, 0) is 6.54 Å². The molecule has 2 nitrogen and oxygen atoms in total. The fourth-order valence-electron chi connectivity index (χ4n) is 1.41. The van der Waals surface area contributed by atoms with Crippen LogP contribution in [0.25, 0.3) is 0 Å². The molecule has 0 aromatic heterocycles. The predicted octanol–water partition coefficient (Wildman–Crippen LogP) is 2.81. The summed E-state index contributed by atoms with van der Waals surface area (Å²) in [7, 11) is 1.97. The van der Waals surface area contributed by atoms with Gasteiger partial charge in [0.15, 0.2) is 0 Å². The summed E-state index contributed by atoms with van der Waals surface area (Å²) in [5.74, 6) is 0.688. The first-order valence-corrected chi connectivity index (χ1v) is 4.98. The van der Waals surface area contributed by atoms with Crippen LogP contribution in [0.3, 0.4) is 0 Å². The summed E-state index contributed by atoms with van der Waals surface area (Å²) in [6.07, 6.45) is 0.794. The number of rotatable bonds is 3. The van der Waals surface area contributed by atoms with Gasteiger partial charge in [-0.25, -0.2) is 0 Å². The lowest BCUT2D eigenvalue weighted by Crippen LogP contribution is -2.24. The van der Waals surface area contributed by atoms with Crippen molar-refractivity contribution in [3.63, 3.8) is 0 Å². The molecule has 0 unspecified atom stereocenters. The van der Waals surface area contributed by atoms with Crippen LogP contribution in [0.5, 0.6) is 0 Å². The number of nitrogens with one attached hydrogen (secondary N) is 1. The molecule has 0 heterocycles. The minimum atomic E-state index is 0.688. The molecule has 0 bridgehead atoms. The molecule has 0 amide bonds. The molecule has 0 aliphatic carbocycles. The van der Waals surface area contributed by atoms with Crippen LogP contribution in [0.15, 0.2) is 24.3 Å². The van der Waals surface area contributed by atoms with E-state index in [9.17, 15) is 0 Å². The second-order valence-electron chi connectivity index (χ2n) is 3.58. The maximum absolute atomic E-state index is 7.69. The van der Waals surface area contributed by atoms with Crippen molar-refractivity contribution in [3.8, 4) is 0 Å². The van der Waals surface area contributed by atoms with Crippen molar-refractivity contribution in [2.45, 2.75) is 26.8 Å². The maximum Gasteiger partial charge on any atom is 0.0955 e. The highest BCUT2D eigenvalue weighted by atomic mass is 15.1. The first kappa shape index (κ1) is 10.8. The van der Waals surface area contributed by atoms with Gasteiger partial charge >= 0.3 is 0 Å². The predicted molar refractivity (Wildman–Crippen MR) is 60.7 cm³/mol. The number of amidine groups is 1. The number of hydrogen-bond donors (Lipinski definition) is 1. The highest BCUT2D eigenvalue weighted by Gasteiger charge is 2.04. The Bertz CT molecular complexity index is 318. The molecule has 0 radical (unpaired) electrons. The second kappa shape index (κ2) is 4.80. The van der Waals surface area contributed by atoms with E-state index in [1.807, 2.05) is 31.0 Å². The van der Waals surface area contributed by atoms with Crippen LogP contribution in [0.4, 0.5) is 0 Å². The smallest absolute Gasteiger partial charge is 0.0955 e. The van der Waals surface area contributed by atoms with Crippen molar-refractivity contribution in [1.82, 2.24) is 4.90 Å². The van der Waals surface area contributed by atoms with Gasteiger partial charge in [0, 0.05) is 20.0 Å². The van der Waals surface area contributed by atoms with Gasteiger partial charge in [-0.3, -0.25) is 5.41 Å². The minimum absolute atomic E-state index is 0.688. The summed E-state index contributed by atoms with van der Waals surface area (Å²) < 4.78 is 0. The topological polar surface area (TPSA) is 27.1 Å². The molecule has 1 N–H and O–H groups in total. The van der Waals surface area contributed by atoms with E-state index in [1.54, 1.807) is 0 Å². The summed E-state index contributed by atoms with van der Waals surface area (Å²) in [5, 5.41) is 7.69. The molecule has 1 aromatic rings. The Balaban J connectivity index is 2.69. The van der Waals surface area contributed by atoms with Crippen LogP contribution in [0, 0.1) is 12.3 Å². The largest absolute Gasteiger partial charge is 0.359 e. The molecule has 14 heavy (non-hydrogen) atoms. The molecule has 0 saturated heterocycles. The molecule has 0 fully saturated rings. The van der Waals surface area contributed by atoms with Crippen molar-refractivity contribution in [3.05, 3.63) is 35.4 Å². The standard InChI is InChI=1S/C12H18N2/c1-4-12(13)14(3)9-11-8-6-5-7-10(11)2/h5-8,13H,4,9H2,1-3H3. The highest BCUT2D eigenvalue weighted by Crippen LogP contribution is 2.09. The van der Waals surface area contributed by atoms with Crippen molar-refractivity contribution in [2.24, 2.45) is 0 Å². The lowest BCUT2D eigenvalue weighted by Gasteiger charge is -2.20. The van der Waals surface area contributed by atoms with Gasteiger partial charge in [0.2, 0.25) is 0 Å². The van der Waals surface area contributed by atoms with Crippen molar-refractivity contribution >= 4 is 5.84 Å². The van der Waals surface area contributed by atoms with E-state index in [-0.39, 0.29) is 0 Å². The average molecular weight is 190 g/mol. The van der Waals surface area contributed by atoms with E-state index < -0.39 is 0 Å². The Kier molecular flexibility index (Phi) is 3.69. The van der Waals surface area contributed by atoms with Crippen LogP contribution >= 0.6 is 0 Å². The Morgan fingerprint density at radius 1 is 1.36 bits per heavy atom. The molecule has 0 aliphatic rings. The normalized spacial score (nSPS) is 9.93. The van der Waals surface area contributed by atoms with Gasteiger partial charge in [-0.05, 0) is 18.1 Å². The second-order valence-corrected chi connectivity index (χ2v) is 3.58. The molecule has 0 spiro atoms. The molecular weight excluding hydrogens is 172 g/mol. The zero-order valence-corrected chi connectivity index (χ0v) is 9.17. The van der Waals surface area contributed by atoms with E-state index in [2.05, 4.69) is 19.1 Å². The number of nitrogens with zero attached hydrogens (tertiary/aromatic N) is 1.